The summed E-state index contributed by atoms with van der Waals surface area (Å²) in [6.45, 7) is 2.85. The monoisotopic (exact) mass is 239 g/mol. The van der Waals surface area contributed by atoms with Crippen molar-refractivity contribution in [2.75, 3.05) is 13.7 Å². The van der Waals surface area contributed by atoms with Gasteiger partial charge in [0.05, 0.1) is 30.6 Å². The highest BCUT2D eigenvalue weighted by molar-refractivity contribution is 5.30. The maximum absolute atomic E-state index is 6.36. The van der Waals surface area contributed by atoms with Gasteiger partial charge in [0.2, 0.25) is 0 Å². The van der Waals surface area contributed by atoms with E-state index in [4.69, 9.17) is 15.2 Å². The lowest BCUT2D eigenvalue weighted by molar-refractivity contribution is -0.0837. The third kappa shape index (κ3) is 2.17. The normalized spacial score (nSPS) is 26.8. The second-order valence-electron chi connectivity index (χ2n) is 4.82. The molecule has 2 N–H and O–H groups in total. The molecule has 2 rings (SSSR count). The Bertz CT molecular complexity index is 383. The van der Waals surface area contributed by atoms with Gasteiger partial charge in [-0.2, -0.15) is 5.10 Å². The van der Waals surface area contributed by atoms with Crippen molar-refractivity contribution in [3.63, 3.8) is 0 Å². The molecule has 2 atom stereocenters. The molecule has 5 nitrogen and oxygen atoms in total. The minimum Gasteiger partial charge on any atom is -0.493 e. The Morgan fingerprint density at radius 2 is 2.35 bits per heavy atom. The highest BCUT2D eigenvalue weighted by Gasteiger charge is 2.38. The van der Waals surface area contributed by atoms with Crippen LogP contribution in [-0.2, 0) is 11.8 Å². The Hall–Kier alpha value is -1.07. The zero-order chi connectivity index (χ0) is 12.5. The molecule has 0 radical (unpaired) electrons. The van der Waals surface area contributed by atoms with Crippen molar-refractivity contribution in [2.45, 2.75) is 37.8 Å². The highest BCUT2D eigenvalue weighted by atomic mass is 16.5. The summed E-state index contributed by atoms with van der Waals surface area (Å²) in [6.07, 6.45) is 4.94. The van der Waals surface area contributed by atoms with E-state index in [0.29, 0.717) is 0 Å². The van der Waals surface area contributed by atoms with Crippen LogP contribution in [-0.4, -0.2) is 29.1 Å². The molecule has 1 aromatic heterocycles. The van der Waals surface area contributed by atoms with Gasteiger partial charge in [0.15, 0.2) is 5.75 Å². The summed E-state index contributed by atoms with van der Waals surface area (Å²) in [6, 6.07) is -0.217. The standard InChI is InChI=1S/C12H21N3O2/c1-12(6-4-5-7-17-12)11(13)10-9(16-3)8-14-15(10)2/h8,11H,4-7,13H2,1-3H3. The van der Waals surface area contributed by atoms with Gasteiger partial charge in [-0.15, -0.1) is 0 Å². The van der Waals surface area contributed by atoms with Crippen molar-refractivity contribution in [1.82, 2.24) is 9.78 Å². The molecule has 1 fully saturated rings. The number of nitrogens with two attached hydrogens (primary N) is 1. The molecule has 2 heterocycles. The number of methoxy groups -OCH3 is 1. The third-order valence-corrected chi connectivity index (χ3v) is 3.62. The van der Waals surface area contributed by atoms with E-state index in [1.165, 1.54) is 0 Å². The first kappa shape index (κ1) is 12.4. The number of ether oxygens (including phenoxy) is 2. The molecule has 17 heavy (non-hydrogen) atoms. The van der Waals surface area contributed by atoms with Gasteiger partial charge in [0.1, 0.15) is 0 Å². The van der Waals surface area contributed by atoms with Crippen molar-refractivity contribution >= 4 is 0 Å². The molecule has 0 bridgehead atoms. The number of aromatic nitrogens is 2. The Morgan fingerprint density at radius 3 is 2.94 bits per heavy atom. The lowest BCUT2D eigenvalue weighted by Gasteiger charge is -2.38. The van der Waals surface area contributed by atoms with Crippen molar-refractivity contribution in [1.29, 1.82) is 0 Å². The third-order valence-electron chi connectivity index (χ3n) is 3.62. The van der Waals surface area contributed by atoms with Gasteiger partial charge in [-0.1, -0.05) is 0 Å². The smallest absolute Gasteiger partial charge is 0.161 e. The molecule has 0 amide bonds. The zero-order valence-electron chi connectivity index (χ0n) is 10.8. The second-order valence-corrected chi connectivity index (χ2v) is 4.82. The summed E-state index contributed by atoms with van der Waals surface area (Å²) in [4.78, 5) is 0. The number of hydrogen-bond acceptors (Lipinski definition) is 4. The van der Waals surface area contributed by atoms with Crippen molar-refractivity contribution < 1.29 is 9.47 Å². The molecule has 2 unspecified atom stereocenters. The average molecular weight is 239 g/mol. The van der Waals surface area contributed by atoms with E-state index in [1.807, 2.05) is 7.05 Å². The van der Waals surface area contributed by atoms with Crippen LogP contribution in [0.3, 0.4) is 0 Å². The van der Waals surface area contributed by atoms with Gasteiger partial charge < -0.3 is 15.2 Å². The zero-order valence-corrected chi connectivity index (χ0v) is 10.8. The number of nitrogens with zero attached hydrogens (tertiary/aromatic N) is 2. The molecule has 0 aromatic carbocycles. The maximum atomic E-state index is 6.36. The molecule has 1 saturated heterocycles. The summed E-state index contributed by atoms with van der Waals surface area (Å²) >= 11 is 0. The van der Waals surface area contributed by atoms with Gasteiger partial charge in [-0.05, 0) is 26.2 Å². The van der Waals surface area contributed by atoms with E-state index < -0.39 is 0 Å². The van der Waals surface area contributed by atoms with Crippen LogP contribution in [0.25, 0.3) is 0 Å². The van der Waals surface area contributed by atoms with Crippen molar-refractivity contribution in [3.8, 4) is 5.75 Å². The van der Waals surface area contributed by atoms with Crippen LogP contribution in [0, 0.1) is 0 Å². The van der Waals surface area contributed by atoms with Gasteiger partial charge in [0, 0.05) is 13.7 Å². The summed E-state index contributed by atoms with van der Waals surface area (Å²) in [5.41, 5.74) is 6.94. The SMILES string of the molecule is COc1cnn(C)c1C(N)C1(C)CCCCO1. The van der Waals surface area contributed by atoms with Gasteiger partial charge >= 0.3 is 0 Å². The Kier molecular flexibility index (Phi) is 3.40. The van der Waals surface area contributed by atoms with Crippen molar-refractivity contribution in [3.05, 3.63) is 11.9 Å². The summed E-state index contributed by atoms with van der Waals surface area (Å²) in [5.74, 6) is 0.732. The van der Waals surface area contributed by atoms with Crippen LogP contribution in [0.2, 0.25) is 0 Å². The van der Waals surface area contributed by atoms with Gasteiger partial charge in [-0.3, -0.25) is 4.68 Å². The van der Waals surface area contributed by atoms with E-state index in [2.05, 4.69) is 12.0 Å². The average Bonchev–Trinajstić information content (AvgIpc) is 2.70. The molecule has 5 heteroatoms. The molecule has 0 saturated carbocycles. The van der Waals surface area contributed by atoms with Gasteiger partial charge in [0.25, 0.3) is 0 Å². The molecule has 1 aliphatic rings. The molecular weight excluding hydrogens is 218 g/mol. The van der Waals surface area contributed by atoms with Crippen LogP contribution in [0.1, 0.15) is 37.9 Å². The minimum atomic E-state index is -0.320. The van der Waals surface area contributed by atoms with E-state index in [-0.39, 0.29) is 11.6 Å². The Morgan fingerprint density at radius 1 is 1.59 bits per heavy atom. The summed E-state index contributed by atoms with van der Waals surface area (Å²) in [7, 11) is 3.52. The molecule has 1 aliphatic heterocycles. The number of hydrogen-bond donors (Lipinski definition) is 1. The predicted molar refractivity (Wildman–Crippen MR) is 64.9 cm³/mol. The first-order chi connectivity index (χ1) is 8.08. The number of rotatable bonds is 3. The second kappa shape index (κ2) is 4.66. The Balaban J connectivity index is 2.28. The molecule has 96 valence electrons. The van der Waals surface area contributed by atoms with E-state index in [1.54, 1.807) is 18.0 Å². The molecule has 1 aromatic rings. The lowest BCUT2D eigenvalue weighted by atomic mass is 9.86. The predicted octanol–water partition coefficient (Wildman–Crippen LogP) is 1.39. The van der Waals surface area contributed by atoms with Crippen LogP contribution in [0.5, 0.6) is 5.75 Å². The molecule has 0 aliphatic carbocycles. The first-order valence-electron chi connectivity index (χ1n) is 6.04. The van der Waals surface area contributed by atoms with E-state index in [9.17, 15) is 0 Å². The summed E-state index contributed by atoms with van der Waals surface area (Å²) in [5, 5.41) is 4.19. The van der Waals surface area contributed by atoms with Crippen LogP contribution < -0.4 is 10.5 Å². The fraction of sp³-hybridized carbons (Fsp3) is 0.750. The number of aryl methyl sites for hydroxylation is 1. The van der Waals surface area contributed by atoms with Crippen LogP contribution in [0.4, 0.5) is 0 Å². The lowest BCUT2D eigenvalue weighted by Crippen LogP contribution is -2.44. The largest absolute Gasteiger partial charge is 0.493 e. The highest BCUT2D eigenvalue weighted by Crippen LogP contribution is 2.37. The first-order valence-corrected chi connectivity index (χ1v) is 6.04. The fourth-order valence-electron chi connectivity index (χ4n) is 2.43. The van der Waals surface area contributed by atoms with Gasteiger partial charge in [-0.25, -0.2) is 0 Å². The topological polar surface area (TPSA) is 62.3 Å². The van der Waals surface area contributed by atoms with E-state index >= 15 is 0 Å². The quantitative estimate of drug-likeness (QED) is 0.865. The molecular formula is C12H21N3O2. The maximum Gasteiger partial charge on any atom is 0.161 e. The van der Waals surface area contributed by atoms with E-state index in [0.717, 1.165) is 37.3 Å². The fourth-order valence-corrected chi connectivity index (χ4v) is 2.43. The summed E-state index contributed by atoms with van der Waals surface area (Å²) < 4.78 is 13.0. The van der Waals surface area contributed by atoms with Crippen LogP contribution in [0.15, 0.2) is 6.20 Å². The Labute approximate surface area is 102 Å². The minimum absolute atomic E-state index is 0.217. The molecule has 0 spiro atoms. The van der Waals surface area contributed by atoms with Crippen LogP contribution >= 0.6 is 0 Å². The van der Waals surface area contributed by atoms with Crippen molar-refractivity contribution in [2.24, 2.45) is 12.8 Å².